The van der Waals surface area contributed by atoms with Gasteiger partial charge >= 0.3 is 0 Å². The van der Waals surface area contributed by atoms with Crippen LogP contribution < -0.4 is 0 Å². The summed E-state index contributed by atoms with van der Waals surface area (Å²) in [6.45, 7) is 0. The molecule has 0 bridgehead atoms. The van der Waals surface area contributed by atoms with E-state index in [2.05, 4.69) is 103 Å². The molecule has 1 unspecified atom stereocenters. The van der Waals surface area contributed by atoms with Gasteiger partial charge < -0.3 is 0 Å². The molecule has 0 heteroatoms. The van der Waals surface area contributed by atoms with E-state index in [4.69, 9.17) is 0 Å². The molecule has 3 aromatic carbocycles. The Kier molecular flexibility index (Phi) is 6.02. The predicted molar refractivity (Wildman–Crippen MR) is 104 cm³/mol. The molecule has 0 heterocycles. The first kappa shape index (κ1) is 16.3. The summed E-state index contributed by atoms with van der Waals surface area (Å²) in [5, 5.41) is 0. The van der Waals surface area contributed by atoms with Gasteiger partial charge in [0.25, 0.3) is 0 Å². The highest BCUT2D eigenvalue weighted by atomic mass is 14.1. The SMILES string of the molecule is C(=CC(CCc1ccccc1)Cc1ccccc1)c1ccccc1. The molecule has 0 aliphatic carbocycles. The first-order valence-corrected chi connectivity index (χ1v) is 8.71. The number of hydrogen-bond donors (Lipinski definition) is 0. The molecule has 0 aliphatic rings. The third-order valence-electron chi connectivity index (χ3n) is 4.35. The number of benzene rings is 3. The van der Waals surface area contributed by atoms with Crippen molar-refractivity contribution in [3.8, 4) is 0 Å². The van der Waals surface area contributed by atoms with Crippen molar-refractivity contribution in [1.29, 1.82) is 0 Å². The van der Waals surface area contributed by atoms with Crippen LogP contribution in [0.1, 0.15) is 23.1 Å². The van der Waals surface area contributed by atoms with Crippen LogP contribution in [0.2, 0.25) is 0 Å². The van der Waals surface area contributed by atoms with Gasteiger partial charge in [-0.3, -0.25) is 0 Å². The molecule has 120 valence electrons. The first-order valence-electron chi connectivity index (χ1n) is 8.71. The quantitative estimate of drug-likeness (QED) is 0.488. The monoisotopic (exact) mass is 312 g/mol. The van der Waals surface area contributed by atoms with Gasteiger partial charge in [-0.05, 0) is 41.9 Å². The van der Waals surface area contributed by atoms with E-state index in [1.165, 1.54) is 23.1 Å². The summed E-state index contributed by atoms with van der Waals surface area (Å²) in [6.07, 6.45) is 8.03. The van der Waals surface area contributed by atoms with E-state index in [9.17, 15) is 0 Å². The lowest BCUT2D eigenvalue weighted by Gasteiger charge is -2.13. The molecule has 0 saturated heterocycles. The van der Waals surface area contributed by atoms with Crippen molar-refractivity contribution in [3.63, 3.8) is 0 Å². The Balaban J connectivity index is 1.69. The van der Waals surface area contributed by atoms with E-state index in [0.29, 0.717) is 5.92 Å². The van der Waals surface area contributed by atoms with E-state index >= 15 is 0 Å². The Bertz CT molecular complexity index is 727. The second-order valence-corrected chi connectivity index (χ2v) is 6.24. The third kappa shape index (κ3) is 5.24. The highest BCUT2D eigenvalue weighted by Gasteiger charge is 2.07. The lowest BCUT2D eigenvalue weighted by molar-refractivity contribution is 0.590. The van der Waals surface area contributed by atoms with E-state index < -0.39 is 0 Å². The van der Waals surface area contributed by atoms with Crippen LogP contribution in [-0.2, 0) is 12.8 Å². The lowest BCUT2D eigenvalue weighted by atomic mass is 9.92. The standard InChI is InChI=1S/C24H24/c1-4-10-21(11-5-1)16-18-24(20-23-14-8-3-9-15-23)19-17-22-12-6-2-7-13-22/h1-16,18,24H,17,19-20H2. The Morgan fingerprint density at radius 3 is 1.79 bits per heavy atom. The molecule has 0 saturated carbocycles. The van der Waals surface area contributed by atoms with Crippen LogP contribution in [0.15, 0.2) is 97.1 Å². The number of hydrogen-bond acceptors (Lipinski definition) is 0. The Morgan fingerprint density at radius 1 is 0.625 bits per heavy atom. The Hall–Kier alpha value is -2.60. The Labute approximate surface area is 145 Å². The normalized spacial score (nSPS) is 12.3. The molecule has 0 N–H and O–H groups in total. The maximum atomic E-state index is 2.38. The van der Waals surface area contributed by atoms with Gasteiger partial charge in [-0.25, -0.2) is 0 Å². The van der Waals surface area contributed by atoms with Crippen LogP contribution in [0.4, 0.5) is 0 Å². The van der Waals surface area contributed by atoms with E-state index in [-0.39, 0.29) is 0 Å². The minimum Gasteiger partial charge on any atom is -0.0805 e. The molecule has 0 aromatic heterocycles. The summed E-state index contributed by atoms with van der Waals surface area (Å²) in [5.74, 6) is 0.549. The minimum atomic E-state index is 0.549. The van der Waals surface area contributed by atoms with Gasteiger partial charge in [0.15, 0.2) is 0 Å². The number of rotatable bonds is 7. The van der Waals surface area contributed by atoms with Gasteiger partial charge in [0.2, 0.25) is 0 Å². The van der Waals surface area contributed by atoms with E-state index in [1.807, 2.05) is 0 Å². The summed E-state index contributed by atoms with van der Waals surface area (Å²) < 4.78 is 0. The van der Waals surface area contributed by atoms with Gasteiger partial charge in [-0.15, -0.1) is 0 Å². The molecule has 0 radical (unpaired) electrons. The van der Waals surface area contributed by atoms with Crippen molar-refractivity contribution in [3.05, 3.63) is 114 Å². The van der Waals surface area contributed by atoms with Gasteiger partial charge in [0.1, 0.15) is 0 Å². The van der Waals surface area contributed by atoms with Crippen LogP contribution in [-0.4, -0.2) is 0 Å². The maximum Gasteiger partial charge on any atom is -0.0187 e. The van der Waals surface area contributed by atoms with Gasteiger partial charge in [0, 0.05) is 0 Å². The average molecular weight is 312 g/mol. The molecule has 0 amide bonds. The third-order valence-corrected chi connectivity index (χ3v) is 4.35. The molecule has 3 aromatic rings. The summed E-state index contributed by atoms with van der Waals surface area (Å²) in [7, 11) is 0. The second kappa shape index (κ2) is 8.88. The minimum absolute atomic E-state index is 0.549. The molecular formula is C24H24. The number of aryl methyl sites for hydroxylation is 1. The van der Waals surface area contributed by atoms with Crippen LogP contribution in [0.25, 0.3) is 6.08 Å². The Morgan fingerprint density at radius 2 is 1.17 bits per heavy atom. The summed E-state index contributed by atoms with van der Waals surface area (Å²) in [4.78, 5) is 0. The molecule has 24 heavy (non-hydrogen) atoms. The molecule has 0 aliphatic heterocycles. The topological polar surface area (TPSA) is 0 Å². The molecule has 3 rings (SSSR count). The fourth-order valence-corrected chi connectivity index (χ4v) is 2.99. The van der Waals surface area contributed by atoms with Gasteiger partial charge in [-0.1, -0.05) is 103 Å². The van der Waals surface area contributed by atoms with Gasteiger partial charge in [0.05, 0.1) is 0 Å². The van der Waals surface area contributed by atoms with E-state index in [0.717, 1.165) is 12.8 Å². The van der Waals surface area contributed by atoms with Crippen LogP contribution in [0, 0.1) is 5.92 Å². The lowest BCUT2D eigenvalue weighted by Crippen LogP contribution is -2.03. The van der Waals surface area contributed by atoms with Crippen molar-refractivity contribution in [1.82, 2.24) is 0 Å². The molecule has 0 spiro atoms. The highest BCUT2D eigenvalue weighted by molar-refractivity contribution is 5.49. The largest absolute Gasteiger partial charge is 0.0805 e. The predicted octanol–water partition coefficient (Wildman–Crippen LogP) is 6.19. The molecule has 1 atom stereocenters. The molecule has 0 nitrogen and oxygen atoms in total. The summed E-state index contributed by atoms with van der Waals surface area (Å²) in [6, 6.07) is 32.2. The van der Waals surface area contributed by atoms with Crippen LogP contribution >= 0.6 is 0 Å². The number of allylic oxidation sites excluding steroid dienone is 1. The second-order valence-electron chi connectivity index (χ2n) is 6.24. The average Bonchev–Trinajstić information content (AvgIpc) is 2.66. The van der Waals surface area contributed by atoms with E-state index in [1.54, 1.807) is 0 Å². The van der Waals surface area contributed by atoms with Crippen molar-refractivity contribution >= 4 is 6.08 Å². The summed E-state index contributed by atoms with van der Waals surface area (Å²) >= 11 is 0. The maximum absolute atomic E-state index is 2.38. The van der Waals surface area contributed by atoms with Crippen molar-refractivity contribution in [2.45, 2.75) is 19.3 Å². The molecule has 0 fully saturated rings. The van der Waals surface area contributed by atoms with Crippen LogP contribution in [0.5, 0.6) is 0 Å². The zero-order valence-electron chi connectivity index (χ0n) is 14.0. The first-order chi connectivity index (χ1) is 11.9. The fraction of sp³-hybridized carbons (Fsp3) is 0.167. The van der Waals surface area contributed by atoms with Gasteiger partial charge in [-0.2, -0.15) is 0 Å². The fourth-order valence-electron chi connectivity index (χ4n) is 2.99. The zero-order chi connectivity index (χ0) is 16.5. The van der Waals surface area contributed by atoms with Crippen molar-refractivity contribution < 1.29 is 0 Å². The molecular weight excluding hydrogens is 288 g/mol. The van der Waals surface area contributed by atoms with Crippen LogP contribution in [0.3, 0.4) is 0 Å². The zero-order valence-corrected chi connectivity index (χ0v) is 14.0. The van der Waals surface area contributed by atoms with Crippen molar-refractivity contribution in [2.24, 2.45) is 5.92 Å². The highest BCUT2D eigenvalue weighted by Crippen LogP contribution is 2.18. The summed E-state index contributed by atoms with van der Waals surface area (Å²) in [5.41, 5.74) is 4.10. The van der Waals surface area contributed by atoms with Crippen molar-refractivity contribution in [2.75, 3.05) is 0 Å². The smallest absolute Gasteiger partial charge is 0.0187 e.